The topological polar surface area (TPSA) is 65.7 Å². The minimum Gasteiger partial charge on any atom is -0.482 e. The van der Waals surface area contributed by atoms with Crippen molar-refractivity contribution >= 4 is 16.9 Å². The molecule has 0 spiro atoms. The summed E-state index contributed by atoms with van der Waals surface area (Å²) in [7, 11) is 0. The molecule has 0 aliphatic rings. The predicted molar refractivity (Wildman–Crippen MR) is 98.8 cm³/mol. The summed E-state index contributed by atoms with van der Waals surface area (Å²) in [6.45, 7) is 4.05. The zero-order valence-corrected chi connectivity index (χ0v) is 14.7. The largest absolute Gasteiger partial charge is 0.482 e. The van der Waals surface area contributed by atoms with Crippen LogP contribution < -0.4 is 15.1 Å². The average Bonchev–Trinajstić information content (AvgIpc) is 2.66. The first kappa shape index (κ1) is 17.7. The van der Waals surface area contributed by atoms with Crippen LogP contribution in [0.1, 0.15) is 31.7 Å². The monoisotopic (exact) mass is 352 g/mol. The molecular formula is C21H20O5. The van der Waals surface area contributed by atoms with Crippen molar-refractivity contribution in [3.05, 3.63) is 70.6 Å². The van der Waals surface area contributed by atoms with Crippen LogP contribution in [0.2, 0.25) is 0 Å². The minimum absolute atomic E-state index is 0.240. The van der Waals surface area contributed by atoms with E-state index in [1.807, 2.05) is 12.1 Å². The van der Waals surface area contributed by atoms with Crippen LogP contribution in [-0.4, -0.2) is 12.6 Å². The number of carbonyl (C=O) groups is 1. The zero-order chi connectivity index (χ0) is 18.5. The molecular weight excluding hydrogens is 332 g/mol. The summed E-state index contributed by atoms with van der Waals surface area (Å²) >= 11 is 0. The van der Waals surface area contributed by atoms with Gasteiger partial charge in [-0.15, -0.1) is 0 Å². The van der Waals surface area contributed by atoms with Gasteiger partial charge in [-0.3, -0.25) is 0 Å². The molecule has 26 heavy (non-hydrogen) atoms. The van der Waals surface area contributed by atoms with Gasteiger partial charge in [-0.1, -0.05) is 26.0 Å². The summed E-state index contributed by atoms with van der Waals surface area (Å²) in [5.41, 5.74) is 1.18. The highest BCUT2D eigenvalue weighted by atomic mass is 16.6. The lowest BCUT2D eigenvalue weighted by Gasteiger charge is -2.10. The molecule has 3 rings (SSSR count). The Morgan fingerprint density at radius 2 is 1.73 bits per heavy atom. The maximum atomic E-state index is 12.0. The van der Waals surface area contributed by atoms with Crippen molar-refractivity contribution in [1.29, 1.82) is 0 Å². The van der Waals surface area contributed by atoms with E-state index in [9.17, 15) is 9.59 Å². The van der Waals surface area contributed by atoms with E-state index in [1.165, 1.54) is 11.6 Å². The van der Waals surface area contributed by atoms with E-state index in [0.717, 1.165) is 11.8 Å². The van der Waals surface area contributed by atoms with Crippen molar-refractivity contribution in [1.82, 2.24) is 0 Å². The van der Waals surface area contributed by atoms with Gasteiger partial charge in [-0.25, -0.2) is 9.59 Å². The summed E-state index contributed by atoms with van der Waals surface area (Å²) in [4.78, 5) is 23.2. The molecule has 1 atom stereocenters. The molecule has 0 saturated carbocycles. The first-order valence-corrected chi connectivity index (χ1v) is 8.52. The second kappa shape index (κ2) is 7.87. The molecule has 0 N–H and O–H groups in total. The van der Waals surface area contributed by atoms with Gasteiger partial charge in [-0.05, 0) is 48.2 Å². The molecule has 2 aromatic carbocycles. The number of fused-ring (bicyclic) bond motifs is 1. The van der Waals surface area contributed by atoms with E-state index >= 15 is 0 Å². The van der Waals surface area contributed by atoms with Gasteiger partial charge in [0.15, 0.2) is 6.61 Å². The second-order valence-corrected chi connectivity index (χ2v) is 6.10. The number of hydrogen-bond donors (Lipinski definition) is 0. The lowest BCUT2D eigenvalue weighted by atomic mass is 9.99. The molecule has 0 aliphatic heterocycles. The highest BCUT2D eigenvalue weighted by molar-refractivity contribution is 5.78. The first-order valence-electron chi connectivity index (χ1n) is 8.52. The smallest absolute Gasteiger partial charge is 0.349 e. The average molecular weight is 352 g/mol. The molecule has 0 saturated heterocycles. The van der Waals surface area contributed by atoms with Crippen molar-refractivity contribution in [2.45, 2.75) is 26.2 Å². The summed E-state index contributed by atoms with van der Waals surface area (Å²) in [5, 5.41) is 0.779. The maximum absolute atomic E-state index is 12.0. The molecule has 0 aliphatic carbocycles. The van der Waals surface area contributed by atoms with E-state index in [1.54, 1.807) is 36.4 Å². The number of hydrogen-bond acceptors (Lipinski definition) is 5. The quantitative estimate of drug-likeness (QED) is 0.376. The number of ether oxygens (including phenoxy) is 2. The van der Waals surface area contributed by atoms with Crippen molar-refractivity contribution in [2.24, 2.45) is 0 Å². The van der Waals surface area contributed by atoms with Crippen LogP contribution in [0.3, 0.4) is 0 Å². The van der Waals surface area contributed by atoms with Crippen LogP contribution in [0.4, 0.5) is 0 Å². The lowest BCUT2D eigenvalue weighted by Crippen LogP contribution is -2.17. The predicted octanol–water partition coefficient (Wildman–Crippen LogP) is 4.29. The third-order valence-electron chi connectivity index (χ3n) is 4.24. The number of esters is 1. The molecule has 0 radical (unpaired) electrons. The van der Waals surface area contributed by atoms with Gasteiger partial charge in [0.2, 0.25) is 0 Å². The van der Waals surface area contributed by atoms with Gasteiger partial charge in [-0.2, -0.15) is 0 Å². The van der Waals surface area contributed by atoms with E-state index in [2.05, 4.69) is 13.8 Å². The lowest BCUT2D eigenvalue weighted by molar-refractivity contribution is -0.136. The molecule has 0 amide bonds. The zero-order valence-electron chi connectivity index (χ0n) is 14.7. The minimum atomic E-state index is -0.504. The maximum Gasteiger partial charge on any atom is 0.349 e. The Labute approximate surface area is 151 Å². The highest BCUT2D eigenvalue weighted by Gasteiger charge is 2.09. The van der Waals surface area contributed by atoms with Gasteiger partial charge >= 0.3 is 11.6 Å². The Morgan fingerprint density at radius 1 is 1.04 bits per heavy atom. The summed E-state index contributed by atoms with van der Waals surface area (Å²) < 4.78 is 15.8. The summed E-state index contributed by atoms with van der Waals surface area (Å²) in [5.74, 6) is 0.873. The van der Waals surface area contributed by atoms with Crippen LogP contribution in [-0.2, 0) is 4.79 Å². The van der Waals surface area contributed by atoms with Gasteiger partial charge in [0.25, 0.3) is 0 Å². The Morgan fingerprint density at radius 3 is 2.46 bits per heavy atom. The molecule has 1 unspecified atom stereocenters. The molecule has 0 bridgehead atoms. The molecule has 1 aromatic heterocycles. The Hall–Kier alpha value is -3.08. The molecule has 5 heteroatoms. The van der Waals surface area contributed by atoms with E-state index in [-0.39, 0.29) is 6.61 Å². The van der Waals surface area contributed by atoms with Gasteiger partial charge < -0.3 is 13.9 Å². The van der Waals surface area contributed by atoms with Gasteiger partial charge in [0.05, 0.1) is 0 Å². The fraction of sp³-hybridized carbons (Fsp3) is 0.238. The van der Waals surface area contributed by atoms with Gasteiger partial charge in [0.1, 0.15) is 17.1 Å². The summed E-state index contributed by atoms with van der Waals surface area (Å²) in [6, 6.07) is 15.5. The third kappa shape index (κ3) is 4.30. The van der Waals surface area contributed by atoms with Crippen molar-refractivity contribution in [2.75, 3.05) is 6.61 Å². The Balaban J connectivity index is 1.59. The van der Waals surface area contributed by atoms with Crippen molar-refractivity contribution < 1.29 is 18.7 Å². The third-order valence-corrected chi connectivity index (χ3v) is 4.24. The first-order chi connectivity index (χ1) is 12.5. The van der Waals surface area contributed by atoms with Crippen molar-refractivity contribution in [3.8, 4) is 11.5 Å². The number of carbonyl (C=O) groups excluding carboxylic acids is 1. The van der Waals surface area contributed by atoms with Crippen LogP contribution in [0, 0.1) is 0 Å². The molecule has 3 aromatic rings. The SMILES string of the molecule is CCC(C)c1ccc(OC(=O)COc2ccc3ccc(=O)oc3c2)cc1. The standard InChI is InChI=1S/C21H20O5/c1-3-14(2)15-4-8-17(9-5-15)25-21(23)13-24-18-10-6-16-7-11-20(22)26-19(16)12-18/h4-12,14H,3,13H2,1-2H3. The number of benzene rings is 2. The highest BCUT2D eigenvalue weighted by Crippen LogP contribution is 2.22. The van der Waals surface area contributed by atoms with E-state index in [4.69, 9.17) is 13.9 Å². The van der Waals surface area contributed by atoms with Crippen LogP contribution in [0.15, 0.2) is 63.8 Å². The summed E-state index contributed by atoms with van der Waals surface area (Å²) in [6.07, 6.45) is 1.05. The van der Waals surface area contributed by atoms with Crippen LogP contribution in [0.25, 0.3) is 11.0 Å². The van der Waals surface area contributed by atoms with Gasteiger partial charge in [0, 0.05) is 17.5 Å². The fourth-order valence-electron chi connectivity index (χ4n) is 2.53. The second-order valence-electron chi connectivity index (χ2n) is 6.10. The van der Waals surface area contributed by atoms with E-state index < -0.39 is 11.6 Å². The van der Waals surface area contributed by atoms with Crippen LogP contribution >= 0.6 is 0 Å². The molecule has 0 fully saturated rings. The van der Waals surface area contributed by atoms with E-state index in [0.29, 0.717) is 23.0 Å². The molecule has 134 valence electrons. The number of rotatable bonds is 6. The Kier molecular flexibility index (Phi) is 5.37. The fourth-order valence-corrected chi connectivity index (χ4v) is 2.53. The Bertz CT molecular complexity index is 956. The normalized spacial score (nSPS) is 11.9. The van der Waals surface area contributed by atoms with Crippen LogP contribution in [0.5, 0.6) is 11.5 Å². The molecule has 5 nitrogen and oxygen atoms in total. The van der Waals surface area contributed by atoms with Crippen molar-refractivity contribution in [3.63, 3.8) is 0 Å². The molecule has 1 heterocycles.